The quantitative estimate of drug-likeness (QED) is 0.868. The minimum Gasteiger partial charge on any atom is -0.393 e. The number of aliphatic hydroxyl groups excluding tert-OH is 1. The summed E-state index contributed by atoms with van der Waals surface area (Å²) in [5.74, 6) is 0.864. The van der Waals surface area contributed by atoms with Gasteiger partial charge in [0, 0.05) is 6.26 Å². The molecule has 20 heavy (non-hydrogen) atoms. The molecule has 0 radical (unpaired) electrons. The Morgan fingerprint density at radius 1 is 1.10 bits per heavy atom. The predicted octanol–water partition coefficient (Wildman–Crippen LogP) is 2.78. The Labute approximate surface area is 123 Å². The maximum Gasteiger partial charge on any atom is 0.147 e. The molecule has 0 aliphatic heterocycles. The standard InChI is InChI=1S/C16H28O3S/c1-14-6-12-7-15(2,9-14)11-16(8-12,10-14)13(17)4-5-20(3,18)19/h12-13,17H,4-11H2,1-3H3. The van der Waals surface area contributed by atoms with E-state index in [9.17, 15) is 13.5 Å². The second kappa shape index (κ2) is 4.22. The molecule has 116 valence electrons. The number of hydrogen-bond donors (Lipinski definition) is 1. The summed E-state index contributed by atoms with van der Waals surface area (Å²) in [5.41, 5.74) is 0.744. The molecule has 4 aliphatic carbocycles. The molecule has 3 atom stereocenters. The van der Waals surface area contributed by atoms with Gasteiger partial charge < -0.3 is 5.11 Å². The van der Waals surface area contributed by atoms with E-state index < -0.39 is 15.9 Å². The first-order valence-electron chi connectivity index (χ1n) is 7.89. The lowest BCUT2D eigenvalue weighted by atomic mass is 9.39. The molecule has 4 heteroatoms. The van der Waals surface area contributed by atoms with Gasteiger partial charge in [0.25, 0.3) is 0 Å². The van der Waals surface area contributed by atoms with Crippen molar-refractivity contribution >= 4 is 9.84 Å². The molecule has 4 saturated carbocycles. The van der Waals surface area contributed by atoms with Crippen LogP contribution in [0, 0.1) is 22.2 Å². The minimum atomic E-state index is -2.98. The van der Waals surface area contributed by atoms with Crippen molar-refractivity contribution in [2.75, 3.05) is 12.0 Å². The maximum atomic E-state index is 11.4. The van der Waals surface area contributed by atoms with Crippen molar-refractivity contribution in [1.29, 1.82) is 0 Å². The van der Waals surface area contributed by atoms with E-state index in [1.165, 1.54) is 25.5 Å². The number of sulfone groups is 1. The van der Waals surface area contributed by atoms with Gasteiger partial charge in [0.05, 0.1) is 11.9 Å². The molecule has 4 aliphatic rings. The van der Waals surface area contributed by atoms with Crippen molar-refractivity contribution in [2.45, 2.75) is 64.9 Å². The molecule has 0 amide bonds. The van der Waals surface area contributed by atoms with Crippen molar-refractivity contribution in [3.05, 3.63) is 0 Å². The smallest absolute Gasteiger partial charge is 0.147 e. The molecule has 0 aromatic heterocycles. The zero-order valence-electron chi connectivity index (χ0n) is 13.0. The van der Waals surface area contributed by atoms with Crippen molar-refractivity contribution in [3.8, 4) is 0 Å². The van der Waals surface area contributed by atoms with E-state index >= 15 is 0 Å². The fourth-order valence-electron chi connectivity index (χ4n) is 6.54. The van der Waals surface area contributed by atoms with Gasteiger partial charge in [0.15, 0.2) is 0 Å². The average molecular weight is 300 g/mol. The third-order valence-corrected chi connectivity index (χ3v) is 7.12. The highest BCUT2D eigenvalue weighted by Gasteiger charge is 2.61. The summed E-state index contributed by atoms with van der Waals surface area (Å²) in [4.78, 5) is 0. The van der Waals surface area contributed by atoms with Gasteiger partial charge in [-0.3, -0.25) is 0 Å². The van der Waals surface area contributed by atoms with E-state index in [-0.39, 0.29) is 11.2 Å². The summed E-state index contributed by atoms with van der Waals surface area (Å²) < 4.78 is 22.8. The fourth-order valence-corrected chi connectivity index (χ4v) is 7.19. The molecule has 0 aromatic carbocycles. The number of aliphatic hydroxyl groups is 1. The zero-order valence-corrected chi connectivity index (χ0v) is 13.8. The molecule has 3 unspecified atom stereocenters. The molecule has 4 bridgehead atoms. The van der Waals surface area contributed by atoms with Crippen LogP contribution in [0.5, 0.6) is 0 Å². The van der Waals surface area contributed by atoms with Gasteiger partial charge in [-0.25, -0.2) is 8.42 Å². The van der Waals surface area contributed by atoms with Crippen LogP contribution in [-0.2, 0) is 9.84 Å². The number of hydrogen-bond acceptors (Lipinski definition) is 3. The molecular formula is C16H28O3S. The molecule has 0 aromatic rings. The fraction of sp³-hybridized carbons (Fsp3) is 1.00. The monoisotopic (exact) mass is 300 g/mol. The Morgan fingerprint density at radius 2 is 1.65 bits per heavy atom. The van der Waals surface area contributed by atoms with Crippen molar-refractivity contribution < 1.29 is 13.5 Å². The lowest BCUT2D eigenvalue weighted by molar-refractivity contribution is -0.185. The summed E-state index contributed by atoms with van der Waals surface area (Å²) in [5, 5.41) is 10.7. The molecular weight excluding hydrogens is 272 g/mol. The van der Waals surface area contributed by atoms with Gasteiger partial charge in [-0.1, -0.05) is 13.8 Å². The van der Waals surface area contributed by atoms with Crippen molar-refractivity contribution in [2.24, 2.45) is 22.2 Å². The SMILES string of the molecule is CC12CC3CC(C)(C1)CC(C(O)CCS(C)(=O)=O)(C3)C2. The second-order valence-corrected chi connectivity index (χ2v) is 11.2. The Morgan fingerprint density at radius 3 is 2.10 bits per heavy atom. The van der Waals surface area contributed by atoms with Crippen LogP contribution in [0.3, 0.4) is 0 Å². The summed E-state index contributed by atoms with van der Waals surface area (Å²) >= 11 is 0. The zero-order chi connectivity index (χ0) is 14.8. The molecule has 3 nitrogen and oxygen atoms in total. The summed E-state index contributed by atoms with van der Waals surface area (Å²) in [7, 11) is -2.98. The Kier molecular flexibility index (Phi) is 3.13. The average Bonchev–Trinajstić information content (AvgIpc) is 2.19. The predicted molar refractivity (Wildman–Crippen MR) is 80.2 cm³/mol. The van der Waals surface area contributed by atoms with E-state index in [0.717, 1.165) is 25.2 Å². The molecule has 4 rings (SSSR count). The van der Waals surface area contributed by atoms with Crippen molar-refractivity contribution in [1.82, 2.24) is 0 Å². The van der Waals surface area contributed by atoms with Crippen LogP contribution in [-0.4, -0.2) is 31.6 Å². The third kappa shape index (κ3) is 2.54. The van der Waals surface area contributed by atoms with E-state index in [1.807, 2.05) is 0 Å². The second-order valence-electron chi connectivity index (χ2n) is 8.93. The molecule has 0 heterocycles. The first kappa shape index (κ1) is 14.8. The van der Waals surface area contributed by atoms with Crippen LogP contribution in [0.2, 0.25) is 0 Å². The first-order valence-corrected chi connectivity index (χ1v) is 9.95. The summed E-state index contributed by atoms with van der Waals surface area (Å²) in [6, 6.07) is 0. The van der Waals surface area contributed by atoms with Crippen LogP contribution in [0.1, 0.15) is 58.8 Å². The first-order chi connectivity index (χ1) is 9.03. The topological polar surface area (TPSA) is 54.4 Å². The van der Waals surface area contributed by atoms with E-state index in [0.29, 0.717) is 17.3 Å². The highest BCUT2D eigenvalue weighted by atomic mass is 32.2. The molecule has 1 N–H and O–H groups in total. The Hall–Kier alpha value is -0.0900. The van der Waals surface area contributed by atoms with Crippen LogP contribution in [0.15, 0.2) is 0 Å². The highest BCUT2D eigenvalue weighted by molar-refractivity contribution is 7.90. The van der Waals surface area contributed by atoms with Gasteiger partial charge in [-0.15, -0.1) is 0 Å². The van der Waals surface area contributed by atoms with Crippen LogP contribution < -0.4 is 0 Å². The normalized spacial score (nSPS) is 48.5. The summed E-state index contributed by atoms with van der Waals surface area (Å²) in [6.07, 6.45) is 8.44. The number of rotatable bonds is 4. The largest absolute Gasteiger partial charge is 0.393 e. The Bertz CT molecular complexity index is 492. The molecule has 4 fully saturated rings. The van der Waals surface area contributed by atoms with Crippen LogP contribution in [0.25, 0.3) is 0 Å². The third-order valence-electron chi connectivity index (χ3n) is 6.14. The maximum absolute atomic E-state index is 11.4. The van der Waals surface area contributed by atoms with E-state index in [4.69, 9.17) is 0 Å². The van der Waals surface area contributed by atoms with E-state index in [2.05, 4.69) is 13.8 Å². The van der Waals surface area contributed by atoms with Gasteiger partial charge in [0.1, 0.15) is 9.84 Å². The van der Waals surface area contributed by atoms with Crippen LogP contribution in [0.4, 0.5) is 0 Å². The van der Waals surface area contributed by atoms with Gasteiger partial charge >= 0.3 is 0 Å². The minimum absolute atomic E-state index is 0.00634. The lowest BCUT2D eigenvalue weighted by Crippen LogP contribution is -2.58. The molecule has 0 saturated heterocycles. The molecule has 0 spiro atoms. The highest BCUT2D eigenvalue weighted by Crippen LogP contribution is 2.70. The van der Waals surface area contributed by atoms with Gasteiger partial charge in [-0.05, 0) is 67.1 Å². The van der Waals surface area contributed by atoms with Crippen molar-refractivity contribution in [3.63, 3.8) is 0 Å². The lowest BCUT2D eigenvalue weighted by Gasteiger charge is -2.66. The van der Waals surface area contributed by atoms with Crippen LogP contribution >= 0.6 is 0 Å². The van der Waals surface area contributed by atoms with Gasteiger partial charge in [-0.2, -0.15) is 0 Å². The Balaban J connectivity index is 1.81. The van der Waals surface area contributed by atoms with Gasteiger partial charge in [0.2, 0.25) is 0 Å². The summed E-state index contributed by atoms with van der Waals surface area (Å²) in [6.45, 7) is 4.77. The van der Waals surface area contributed by atoms with E-state index in [1.54, 1.807) is 0 Å².